The van der Waals surface area contributed by atoms with Crippen molar-refractivity contribution in [1.29, 1.82) is 0 Å². The number of aliphatic carboxylic acids is 1. The molecule has 82 valence electrons. The molecule has 1 aliphatic rings. The lowest BCUT2D eigenvalue weighted by atomic mass is 9.79. The van der Waals surface area contributed by atoms with Gasteiger partial charge in [-0.2, -0.15) is 0 Å². The Balaban J connectivity index is 3.14. The van der Waals surface area contributed by atoms with Crippen molar-refractivity contribution in [3.05, 3.63) is 23.8 Å². The van der Waals surface area contributed by atoms with Crippen molar-refractivity contribution >= 4 is 23.4 Å². The van der Waals surface area contributed by atoms with Gasteiger partial charge in [-0.15, -0.1) is 11.6 Å². The lowest BCUT2D eigenvalue weighted by Crippen LogP contribution is -2.47. The van der Waals surface area contributed by atoms with Crippen molar-refractivity contribution in [2.75, 3.05) is 5.88 Å². The van der Waals surface area contributed by atoms with Gasteiger partial charge in [-0.3, -0.25) is 9.59 Å². The molecule has 0 aliphatic heterocycles. The molecule has 1 aliphatic carbocycles. The summed E-state index contributed by atoms with van der Waals surface area (Å²) in [7, 11) is 0. The molecule has 0 aromatic rings. The van der Waals surface area contributed by atoms with Crippen LogP contribution in [0, 0.1) is 5.92 Å². The zero-order valence-electron chi connectivity index (χ0n) is 8.11. The van der Waals surface area contributed by atoms with Crippen LogP contribution >= 0.6 is 11.6 Å². The number of hydrogen-bond acceptors (Lipinski definition) is 3. The Hall–Kier alpha value is -1.13. The summed E-state index contributed by atoms with van der Waals surface area (Å²) in [5.74, 6) is -2.97. The second kappa shape index (κ2) is 4.16. The molecule has 0 radical (unpaired) electrons. The minimum atomic E-state index is -1.96. The van der Waals surface area contributed by atoms with Crippen LogP contribution in [0.5, 0.6) is 0 Å². The van der Waals surface area contributed by atoms with E-state index in [0.717, 1.165) is 6.92 Å². The predicted molar refractivity (Wildman–Crippen MR) is 54.7 cm³/mol. The zero-order chi connectivity index (χ0) is 11.6. The van der Waals surface area contributed by atoms with E-state index < -0.39 is 23.3 Å². The van der Waals surface area contributed by atoms with Crippen molar-refractivity contribution in [2.24, 2.45) is 5.92 Å². The van der Waals surface area contributed by atoms with Gasteiger partial charge in [0.2, 0.25) is 0 Å². The molecule has 4 nitrogen and oxygen atoms in total. The van der Waals surface area contributed by atoms with Crippen molar-refractivity contribution in [2.45, 2.75) is 12.5 Å². The number of carboxylic acid groups (broad SMARTS) is 1. The van der Waals surface area contributed by atoms with Gasteiger partial charge in [-0.25, -0.2) is 0 Å². The van der Waals surface area contributed by atoms with Crippen LogP contribution in [0.4, 0.5) is 0 Å². The minimum absolute atomic E-state index is 0.147. The van der Waals surface area contributed by atoms with Crippen LogP contribution in [0.2, 0.25) is 0 Å². The van der Waals surface area contributed by atoms with Gasteiger partial charge in [0.05, 0.1) is 0 Å². The Morgan fingerprint density at radius 1 is 1.60 bits per heavy atom. The smallest absolute Gasteiger partial charge is 0.314 e. The van der Waals surface area contributed by atoms with E-state index in [-0.39, 0.29) is 5.88 Å². The highest BCUT2D eigenvalue weighted by Crippen LogP contribution is 2.28. The molecule has 2 N–H and O–H groups in total. The summed E-state index contributed by atoms with van der Waals surface area (Å²) >= 11 is 5.54. The summed E-state index contributed by atoms with van der Waals surface area (Å²) in [4.78, 5) is 22.1. The quantitative estimate of drug-likeness (QED) is 0.702. The van der Waals surface area contributed by atoms with Gasteiger partial charge in [0.1, 0.15) is 5.92 Å². The maximum atomic E-state index is 11.2. The summed E-state index contributed by atoms with van der Waals surface area (Å²) in [5, 5.41) is 18.8. The van der Waals surface area contributed by atoms with Gasteiger partial charge in [0.25, 0.3) is 0 Å². The Morgan fingerprint density at radius 3 is 2.60 bits per heavy atom. The second-order valence-corrected chi connectivity index (χ2v) is 3.67. The van der Waals surface area contributed by atoms with Crippen molar-refractivity contribution in [3.63, 3.8) is 0 Å². The van der Waals surface area contributed by atoms with Gasteiger partial charge in [0.15, 0.2) is 11.4 Å². The van der Waals surface area contributed by atoms with E-state index >= 15 is 0 Å². The third kappa shape index (κ3) is 2.11. The average Bonchev–Trinajstić information content (AvgIpc) is 2.17. The van der Waals surface area contributed by atoms with Crippen LogP contribution in [-0.2, 0) is 9.59 Å². The van der Waals surface area contributed by atoms with E-state index in [4.69, 9.17) is 16.7 Å². The molecule has 0 aromatic carbocycles. The van der Waals surface area contributed by atoms with Crippen LogP contribution < -0.4 is 0 Å². The number of hydrogen-bond donors (Lipinski definition) is 2. The summed E-state index contributed by atoms with van der Waals surface area (Å²) in [6, 6.07) is 0. The molecule has 15 heavy (non-hydrogen) atoms. The molecule has 0 fully saturated rings. The van der Waals surface area contributed by atoms with Crippen molar-refractivity contribution in [3.8, 4) is 0 Å². The first-order valence-electron chi connectivity index (χ1n) is 4.34. The SMILES string of the molecule is CC(=O)C1(O)C=CC(CCl)=CC1C(=O)O. The van der Waals surface area contributed by atoms with Crippen LogP contribution in [0.3, 0.4) is 0 Å². The molecule has 5 heteroatoms. The molecule has 0 heterocycles. The first-order chi connectivity index (χ1) is 6.91. The molecule has 0 saturated carbocycles. The number of carboxylic acids is 1. The molecule has 0 amide bonds. The fourth-order valence-corrected chi connectivity index (χ4v) is 1.60. The van der Waals surface area contributed by atoms with Crippen LogP contribution in [-0.4, -0.2) is 33.4 Å². The lowest BCUT2D eigenvalue weighted by molar-refractivity contribution is -0.152. The second-order valence-electron chi connectivity index (χ2n) is 3.41. The third-order valence-electron chi connectivity index (χ3n) is 2.39. The summed E-state index contributed by atoms with van der Waals surface area (Å²) in [6.07, 6.45) is 3.95. The van der Waals surface area contributed by atoms with Crippen molar-refractivity contribution < 1.29 is 19.8 Å². The highest BCUT2D eigenvalue weighted by Gasteiger charge is 2.44. The van der Waals surface area contributed by atoms with E-state index in [9.17, 15) is 14.7 Å². The number of Topliss-reactive ketones (excluding diaryl/α,β-unsaturated/α-hetero) is 1. The normalized spacial score (nSPS) is 29.8. The van der Waals surface area contributed by atoms with Crippen molar-refractivity contribution in [1.82, 2.24) is 0 Å². The Morgan fingerprint density at radius 2 is 2.20 bits per heavy atom. The van der Waals surface area contributed by atoms with Gasteiger partial charge in [-0.05, 0) is 18.6 Å². The number of carbonyl (C=O) groups is 2. The summed E-state index contributed by atoms with van der Waals surface area (Å²) in [5.41, 5.74) is -1.38. The molecule has 1 rings (SSSR count). The van der Waals surface area contributed by atoms with Gasteiger partial charge in [-0.1, -0.05) is 12.2 Å². The van der Waals surface area contributed by atoms with Crippen LogP contribution in [0.1, 0.15) is 6.92 Å². The molecule has 0 aromatic heterocycles. The van der Waals surface area contributed by atoms with Crippen LogP contribution in [0.15, 0.2) is 23.8 Å². The summed E-state index contributed by atoms with van der Waals surface area (Å²) < 4.78 is 0. The number of allylic oxidation sites excluding steroid dienone is 2. The monoisotopic (exact) mass is 230 g/mol. The maximum absolute atomic E-state index is 11.2. The molecular weight excluding hydrogens is 220 g/mol. The molecular formula is C10H11ClO4. The van der Waals surface area contributed by atoms with Gasteiger partial charge >= 0.3 is 5.97 Å². The topological polar surface area (TPSA) is 74.6 Å². The highest BCUT2D eigenvalue weighted by atomic mass is 35.5. The summed E-state index contributed by atoms with van der Waals surface area (Å²) in [6.45, 7) is 1.15. The van der Waals surface area contributed by atoms with E-state index in [0.29, 0.717) is 5.57 Å². The number of carbonyl (C=O) groups excluding carboxylic acids is 1. The number of rotatable bonds is 3. The van der Waals surface area contributed by atoms with E-state index in [1.54, 1.807) is 0 Å². The number of halogens is 1. The lowest BCUT2D eigenvalue weighted by Gasteiger charge is -2.29. The fourth-order valence-electron chi connectivity index (χ4n) is 1.42. The largest absolute Gasteiger partial charge is 0.481 e. The fraction of sp³-hybridized carbons (Fsp3) is 0.400. The highest BCUT2D eigenvalue weighted by molar-refractivity contribution is 6.19. The molecule has 0 spiro atoms. The Kier molecular flexibility index (Phi) is 3.31. The maximum Gasteiger partial charge on any atom is 0.314 e. The molecule has 0 bridgehead atoms. The molecule has 2 unspecified atom stereocenters. The number of aliphatic hydroxyl groups is 1. The van der Waals surface area contributed by atoms with Gasteiger partial charge < -0.3 is 10.2 Å². The average molecular weight is 231 g/mol. The third-order valence-corrected chi connectivity index (χ3v) is 2.70. The van der Waals surface area contributed by atoms with E-state index in [2.05, 4.69) is 0 Å². The van der Waals surface area contributed by atoms with E-state index in [1.165, 1.54) is 18.2 Å². The Bertz CT molecular complexity index is 358. The molecule has 2 atom stereocenters. The minimum Gasteiger partial charge on any atom is -0.481 e. The predicted octanol–water partition coefficient (Wildman–Crippen LogP) is 0.742. The van der Waals surface area contributed by atoms with Crippen LogP contribution in [0.25, 0.3) is 0 Å². The molecule has 0 saturated heterocycles. The number of alkyl halides is 1. The number of ketones is 1. The van der Waals surface area contributed by atoms with E-state index in [1.807, 2.05) is 0 Å². The van der Waals surface area contributed by atoms with Gasteiger partial charge in [0, 0.05) is 5.88 Å². The zero-order valence-corrected chi connectivity index (χ0v) is 8.86. The standard InChI is InChI=1S/C10H11ClO4/c1-6(12)10(15)3-2-7(5-11)4-8(10)9(13)14/h2-4,8,15H,5H2,1H3,(H,13,14). The first-order valence-corrected chi connectivity index (χ1v) is 4.87. The Labute approximate surface area is 91.9 Å². The first kappa shape index (κ1) is 11.9.